The topological polar surface area (TPSA) is 58.1 Å². The van der Waals surface area contributed by atoms with Gasteiger partial charge in [-0.15, -0.1) is 0 Å². The van der Waals surface area contributed by atoms with Crippen molar-refractivity contribution in [1.29, 1.82) is 0 Å². The van der Waals surface area contributed by atoms with E-state index in [-0.39, 0.29) is 23.6 Å². The maximum absolute atomic E-state index is 13.7. The van der Waals surface area contributed by atoms with E-state index in [1.165, 1.54) is 12.1 Å². The number of methoxy groups -OCH3 is 1. The van der Waals surface area contributed by atoms with E-state index in [1.807, 2.05) is 4.90 Å². The van der Waals surface area contributed by atoms with Gasteiger partial charge in [0, 0.05) is 46.0 Å². The van der Waals surface area contributed by atoms with E-state index in [9.17, 15) is 13.2 Å². The number of ether oxygens (including phenoxy) is 2. The third-order valence-corrected chi connectivity index (χ3v) is 5.15. The monoisotopic (exact) mass is 430 g/mol. The van der Waals surface area contributed by atoms with Crippen LogP contribution in [0.3, 0.4) is 0 Å². The summed E-state index contributed by atoms with van der Waals surface area (Å²) in [5, 5.41) is 6.11. The zero-order valence-electron chi connectivity index (χ0n) is 18.4. The minimum absolute atomic E-state index is 0.00503. The van der Waals surface area contributed by atoms with Gasteiger partial charge in [0.2, 0.25) is 0 Å². The third kappa shape index (κ3) is 6.77. The molecular weight excluding hydrogens is 397 g/mol. The number of alkyl halides is 3. The van der Waals surface area contributed by atoms with Gasteiger partial charge in [0.25, 0.3) is 0 Å². The second-order valence-electron chi connectivity index (χ2n) is 8.34. The zero-order chi connectivity index (χ0) is 22.4. The molecule has 0 aromatic heterocycles. The van der Waals surface area contributed by atoms with E-state index >= 15 is 0 Å². The molecule has 6 nitrogen and oxygen atoms in total. The van der Waals surface area contributed by atoms with Crippen molar-refractivity contribution in [3.63, 3.8) is 0 Å². The van der Waals surface area contributed by atoms with Crippen LogP contribution in [0.2, 0.25) is 0 Å². The largest absolute Gasteiger partial charge is 0.416 e. The van der Waals surface area contributed by atoms with E-state index in [2.05, 4.69) is 36.4 Å². The molecule has 2 rings (SSSR count). The molecule has 2 N–H and O–H groups in total. The first-order valence-electron chi connectivity index (χ1n) is 10.1. The van der Waals surface area contributed by atoms with Crippen molar-refractivity contribution in [2.45, 2.75) is 39.6 Å². The van der Waals surface area contributed by atoms with Crippen molar-refractivity contribution < 1.29 is 22.6 Å². The van der Waals surface area contributed by atoms with Gasteiger partial charge in [-0.1, -0.05) is 26.8 Å². The van der Waals surface area contributed by atoms with Crippen molar-refractivity contribution in [3.8, 4) is 0 Å². The number of aliphatic imine (C=N–C) groups is 1. The van der Waals surface area contributed by atoms with Crippen LogP contribution < -0.4 is 15.5 Å². The maximum atomic E-state index is 13.7. The summed E-state index contributed by atoms with van der Waals surface area (Å²) in [6.45, 7) is 8.88. The summed E-state index contributed by atoms with van der Waals surface area (Å²) >= 11 is 0. The average molecular weight is 431 g/mol. The van der Waals surface area contributed by atoms with Crippen LogP contribution in [0.1, 0.15) is 31.9 Å². The highest BCUT2D eigenvalue weighted by atomic mass is 19.4. The Labute approximate surface area is 176 Å². The van der Waals surface area contributed by atoms with Gasteiger partial charge >= 0.3 is 6.18 Å². The number of morpholine rings is 1. The molecule has 1 aromatic rings. The molecule has 30 heavy (non-hydrogen) atoms. The van der Waals surface area contributed by atoms with Crippen LogP contribution in [0.15, 0.2) is 23.2 Å². The van der Waals surface area contributed by atoms with Gasteiger partial charge in [-0.25, -0.2) is 0 Å². The molecule has 0 saturated carbocycles. The number of nitrogens with one attached hydrogen (secondary N) is 2. The number of nitrogens with zero attached hydrogens (tertiary/aromatic N) is 2. The number of anilines is 1. The van der Waals surface area contributed by atoms with Gasteiger partial charge in [-0.3, -0.25) is 4.99 Å². The molecule has 1 heterocycles. The van der Waals surface area contributed by atoms with Crippen LogP contribution in [0.4, 0.5) is 18.9 Å². The normalized spacial score (nSPS) is 17.1. The van der Waals surface area contributed by atoms with Gasteiger partial charge in [0.05, 0.1) is 24.9 Å². The number of guanidine groups is 1. The Bertz CT molecular complexity index is 711. The summed E-state index contributed by atoms with van der Waals surface area (Å²) in [6, 6.07) is 4.48. The van der Waals surface area contributed by atoms with E-state index in [1.54, 1.807) is 20.2 Å². The molecule has 0 spiro atoms. The van der Waals surface area contributed by atoms with Crippen molar-refractivity contribution in [2.75, 3.05) is 51.9 Å². The quantitative estimate of drug-likeness (QED) is 0.536. The fourth-order valence-electron chi connectivity index (χ4n) is 3.33. The second-order valence-corrected chi connectivity index (χ2v) is 8.34. The number of rotatable bonds is 6. The number of hydrogen-bond acceptors (Lipinski definition) is 4. The highest BCUT2D eigenvalue weighted by Crippen LogP contribution is 2.35. The number of hydrogen-bond donors (Lipinski definition) is 2. The Morgan fingerprint density at radius 2 is 1.87 bits per heavy atom. The highest BCUT2D eigenvalue weighted by Gasteiger charge is 2.34. The summed E-state index contributed by atoms with van der Waals surface area (Å²) in [7, 11) is 3.22. The molecule has 1 aliphatic rings. The molecule has 1 aromatic carbocycles. The summed E-state index contributed by atoms with van der Waals surface area (Å²) < 4.78 is 51.9. The van der Waals surface area contributed by atoms with Crippen molar-refractivity contribution in [2.24, 2.45) is 10.4 Å². The molecule has 1 saturated heterocycles. The molecule has 1 aliphatic heterocycles. The first-order chi connectivity index (χ1) is 14.1. The Kier molecular flexibility index (Phi) is 8.37. The lowest BCUT2D eigenvalue weighted by atomic mass is 9.89. The Morgan fingerprint density at radius 1 is 1.20 bits per heavy atom. The van der Waals surface area contributed by atoms with Crippen LogP contribution in [0.25, 0.3) is 0 Å². The summed E-state index contributed by atoms with van der Waals surface area (Å²) in [5.74, 6) is 0.423. The SMILES string of the molecule is CN=C(NCc1ccc(N2CCOCC2)cc1C(F)(F)F)NCC(OC)C(C)(C)C. The van der Waals surface area contributed by atoms with E-state index in [0.29, 0.717) is 44.5 Å². The molecule has 1 atom stereocenters. The molecule has 0 bridgehead atoms. The van der Waals surface area contributed by atoms with Gasteiger partial charge < -0.3 is 25.0 Å². The lowest BCUT2D eigenvalue weighted by Gasteiger charge is -2.30. The zero-order valence-corrected chi connectivity index (χ0v) is 18.4. The van der Waals surface area contributed by atoms with E-state index < -0.39 is 11.7 Å². The fourth-order valence-corrected chi connectivity index (χ4v) is 3.33. The van der Waals surface area contributed by atoms with Gasteiger partial charge in [-0.05, 0) is 23.1 Å². The molecule has 1 unspecified atom stereocenters. The van der Waals surface area contributed by atoms with Crippen molar-refractivity contribution >= 4 is 11.6 Å². The van der Waals surface area contributed by atoms with Gasteiger partial charge in [-0.2, -0.15) is 13.2 Å². The molecule has 170 valence electrons. The molecule has 1 fully saturated rings. The Balaban J connectivity index is 2.08. The van der Waals surface area contributed by atoms with Gasteiger partial charge in [0.1, 0.15) is 0 Å². The molecule has 0 radical (unpaired) electrons. The van der Waals surface area contributed by atoms with E-state index in [4.69, 9.17) is 9.47 Å². The molecule has 0 amide bonds. The summed E-state index contributed by atoms with van der Waals surface area (Å²) in [4.78, 5) is 6.02. The maximum Gasteiger partial charge on any atom is 0.416 e. The molecule has 0 aliphatic carbocycles. The first kappa shape index (κ1) is 24.3. The van der Waals surface area contributed by atoms with Crippen LogP contribution in [-0.4, -0.2) is 59.1 Å². The van der Waals surface area contributed by atoms with Crippen LogP contribution in [0.5, 0.6) is 0 Å². The lowest BCUT2D eigenvalue weighted by molar-refractivity contribution is -0.138. The average Bonchev–Trinajstić information content (AvgIpc) is 2.69. The lowest BCUT2D eigenvalue weighted by Crippen LogP contribution is -2.45. The number of halogens is 3. The Morgan fingerprint density at radius 3 is 2.40 bits per heavy atom. The minimum Gasteiger partial charge on any atom is -0.379 e. The molecular formula is C21H33F3N4O2. The number of benzene rings is 1. The predicted molar refractivity (Wildman–Crippen MR) is 113 cm³/mol. The van der Waals surface area contributed by atoms with E-state index in [0.717, 1.165) is 0 Å². The fraction of sp³-hybridized carbons (Fsp3) is 0.667. The van der Waals surface area contributed by atoms with Gasteiger partial charge in [0.15, 0.2) is 5.96 Å². The highest BCUT2D eigenvalue weighted by molar-refractivity contribution is 5.79. The van der Waals surface area contributed by atoms with Crippen molar-refractivity contribution in [3.05, 3.63) is 29.3 Å². The molecule has 9 heteroatoms. The Hall–Kier alpha value is -2.00. The second kappa shape index (κ2) is 10.3. The summed E-state index contributed by atoms with van der Waals surface area (Å²) in [5.41, 5.74) is 0.00445. The smallest absolute Gasteiger partial charge is 0.379 e. The summed E-state index contributed by atoms with van der Waals surface area (Å²) in [6.07, 6.45) is -4.52. The van der Waals surface area contributed by atoms with Crippen LogP contribution >= 0.6 is 0 Å². The van der Waals surface area contributed by atoms with Crippen LogP contribution in [-0.2, 0) is 22.2 Å². The minimum atomic E-state index is -4.44. The predicted octanol–water partition coefficient (Wildman–Crippen LogP) is 3.27. The standard InChI is InChI=1S/C21H33F3N4O2/c1-20(2,3)18(29-5)14-27-19(25-4)26-13-15-6-7-16(12-17(15)21(22,23)24)28-8-10-30-11-9-28/h6-7,12,18H,8-11,13-14H2,1-5H3,(H2,25,26,27). The van der Waals surface area contributed by atoms with Crippen molar-refractivity contribution in [1.82, 2.24) is 10.6 Å². The first-order valence-corrected chi connectivity index (χ1v) is 10.1. The van der Waals surface area contributed by atoms with Crippen LogP contribution in [0, 0.1) is 5.41 Å². The third-order valence-electron chi connectivity index (χ3n) is 5.15.